The summed E-state index contributed by atoms with van der Waals surface area (Å²) in [6.07, 6.45) is 1.02. The third-order valence-corrected chi connectivity index (χ3v) is 2.64. The van der Waals surface area contributed by atoms with E-state index in [0.717, 1.165) is 25.2 Å². The molecule has 0 bridgehead atoms. The van der Waals surface area contributed by atoms with Gasteiger partial charge in [-0.1, -0.05) is 0 Å². The maximum atomic E-state index is 11.3. The molecular formula is C8H11N3OS. The van der Waals surface area contributed by atoms with Gasteiger partial charge in [-0.15, -0.1) is 11.3 Å². The monoisotopic (exact) mass is 197 g/mol. The fourth-order valence-electron chi connectivity index (χ4n) is 1.34. The van der Waals surface area contributed by atoms with E-state index in [9.17, 15) is 4.79 Å². The first-order valence-corrected chi connectivity index (χ1v) is 5.20. The zero-order valence-electron chi connectivity index (χ0n) is 7.19. The largest absolute Gasteiger partial charge is 0.338 e. The molecule has 0 spiro atoms. The van der Waals surface area contributed by atoms with Crippen LogP contribution in [0.4, 0.5) is 4.79 Å². The molecule has 1 aromatic rings. The summed E-state index contributed by atoms with van der Waals surface area (Å²) in [5.74, 6) is 0. The Balaban J connectivity index is 1.97. The molecule has 1 fully saturated rings. The van der Waals surface area contributed by atoms with E-state index in [2.05, 4.69) is 10.3 Å². The Hall–Kier alpha value is -1.10. The minimum absolute atomic E-state index is 0.0271. The smallest absolute Gasteiger partial charge is 0.317 e. The quantitative estimate of drug-likeness (QED) is 0.770. The summed E-state index contributed by atoms with van der Waals surface area (Å²) in [4.78, 5) is 17.2. The molecule has 1 aromatic heterocycles. The molecule has 1 N–H and O–H groups in total. The number of amides is 2. The highest BCUT2D eigenvalue weighted by molar-refractivity contribution is 7.07. The summed E-state index contributed by atoms with van der Waals surface area (Å²) >= 11 is 1.56. The Morgan fingerprint density at radius 1 is 1.69 bits per heavy atom. The van der Waals surface area contributed by atoms with Gasteiger partial charge < -0.3 is 10.2 Å². The number of carbonyl (C=O) groups excluding carboxylic acids is 1. The first-order valence-electron chi connectivity index (χ1n) is 4.26. The van der Waals surface area contributed by atoms with E-state index >= 15 is 0 Å². The Morgan fingerprint density at radius 3 is 3.31 bits per heavy atom. The van der Waals surface area contributed by atoms with Crippen LogP contribution in [0.15, 0.2) is 10.9 Å². The van der Waals surface area contributed by atoms with Crippen LogP contribution in [-0.2, 0) is 6.54 Å². The predicted molar refractivity (Wildman–Crippen MR) is 50.5 cm³/mol. The number of thiazole rings is 1. The van der Waals surface area contributed by atoms with E-state index in [1.807, 2.05) is 5.38 Å². The van der Waals surface area contributed by atoms with Crippen molar-refractivity contribution in [1.82, 2.24) is 15.2 Å². The van der Waals surface area contributed by atoms with Crippen molar-refractivity contribution in [2.45, 2.75) is 13.0 Å². The van der Waals surface area contributed by atoms with E-state index < -0.39 is 0 Å². The van der Waals surface area contributed by atoms with Crippen molar-refractivity contribution >= 4 is 17.4 Å². The van der Waals surface area contributed by atoms with E-state index in [1.54, 1.807) is 21.7 Å². The molecule has 0 unspecified atom stereocenters. The lowest BCUT2D eigenvalue weighted by Crippen LogP contribution is -2.45. The molecule has 2 amide bonds. The van der Waals surface area contributed by atoms with Crippen LogP contribution in [0.1, 0.15) is 12.1 Å². The van der Waals surface area contributed by atoms with Crippen molar-refractivity contribution in [2.24, 2.45) is 0 Å². The van der Waals surface area contributed by atoms with Gasteiger partial charge in [0.15, 0.2) is 0 Å². The van der Waals surface area contributed by atoms with Crippen LogP contribution in [-0.4, -0.2) is 29.0 Å². The second-order valence-corrected chi connectivity index (χ2v) is 3.71. The lowest BCUT2D eigenvalue weighted by Gasteiger charge is -2.26. The highest BCUT2D eigenvalue weighted by Gasteiger charge is 2.17. The van der Waals surface area contributed by atoms with E-state index in [0.29, 0.717) is 6.54 Å². The lowest BCUT2D eigenvalue weighted by molar-refractivity contribution is 0.182. The Morgan fingerprint density at radius 2 is 2.62 bits per heavy atom. The number of hydrogen-bond acceptors (Lipinski definition) is 3. The number of hydrogen-bond donors (Lipinski definition) is 1. The fraction of sp³-hybridized carbons (Fsp3) is 0.500. The SMILES string of the molecule is O=C1NCCCN1Cc1cscn1. The summed E-state index contributed by atoms with van der Waals surface area (Å²) in [6.45, 7) is 2.27. The molecule has 1 aliphatic rings. The summed E-state index contributed by atoms with van der Waals surface area (Å²) < 4.78 is 0. The molecule has 70 valence electrons. The summed E-state index contributed by atoms with van der Waals surface area (Å²) in [5.41, 5.74) is 2.76. The van der Waals surface area contributed by atoms with Gasteiger partial charge in [0.05, 0.1) is 17.7 Å². The minimum Gasteiger partial charge on any atom is -0.338 e. The first-order chi connectivity index (χ1) is 6.36. The van der Waals surface area contributed by atoms with Crippen molar-refractivity contribution < 1.29 is 4.79 Å². The lowest BCUT2D eigenvalue weighted by atomic mass is 10.3. The van der Waals surface area contributed by atoms with Crippen molar-refractivity contribution in [3.63, 3.8) is 0 Å². The first kappa shape index (κ1) is 8.50. The highest BCUT2D eigenvalue weighted by atomic mass is 32.1. The molecule has 13 heavy (non-hydrogen) atoms. The number of carbonyl (C=O) groups is 1. The molecular weight excluding hydrogens is 186 g/mol. The van der Waals surface area contributed by atoms with Crippen LogP contribution in [0.3, 0.4) is 0 Å². The van der Waals surface area contributed by atoms with Gasteiger partial charge in [-0.05, 0) is 6.42 Å². The maximum absolute atomic E-state index is 11.3. The van der Waals surface area contributed by atoms with E-state index in [4.69, 9.17) is 0 Å². The number of urea groups is 1. The third-order valence-electron chi connectivity index (χ3n) is 2.00. The fourth-order valence-corrected chi connectivity index (χ4v) is 1.89. The molecule has 1 aliphatic heterocycles. The normalized spacial score (nSPS) is 17.2. The molecule has 5 heteroatoms. The molecule has 0 aromatic carbocycles. The van der Waals surface area contributed by atoms with Gasteiger partial charge in [-0.25, -0.2) is 9.78 Å². The van der Waals surface area contributed by atoms with Crippen LogP contribution >= 0.6 is 11.3 Å². The van der Waals surface area contributed by atoms with E-state index in [-0.39, 0.29) is 6.03 Å². The average molecular weight is 197 g/mol. The maximum Gasteiger partial charge on any atom is 0.317 e. The van der Waals surface area contributed by atoms with Crippen LogP contribution in [0, 0.1) is 0 Å². The minimum atomic E-state index is 0.0271. The molecule has 2 heterocycles. The van der Waals surface area contributed by atoms with Gasteiger partial charge in [0.25, 0.3) is 0 Å². The Kier molecular flexibility index (Phi) is 2.44. The molecule has 0 radical (unpaired) electrons. The van der Waals surface area contributed by atoms with Crippen molar-refractivity contribution in [3.8, 4) is 0 Å². The van der Waals surface area contributed by atoms with Gasteiger partial charge in [0, 0.05) is 18.5 Å². The molecule has 0 saturated carbocycles. The number of nitrogens with zero attached hydrogens (tertiary/aromatic N) is 2. The van der Waals surface area contributed by atoms with Gasteiger partial charge in [0.1, 0.15) is 0 Å². The summed E-state index contributed by atoms with van der Waals surface area (Å²) in [6, 6.07) is 0.0271. The number of rotatable bonds is 2. The molecule has 1 saturated heterocycles. The standard InChI is InChI=1S/C8H11N3OS/c12-8-9-2-1-3-11(8)4-7-5-13-6-10-7/h5-6H,1-4H2,(H,9,12). The summed E-state index contributed by atoms with van der Waals surface area (Å²) in [7, 11) is 0. The van der Waals surface area contributed by atoms with Crippen LogP contribution < -0.4 is 5.32 Å². The van der Waals surface area contributed by atoms with Crippen molar-refractivity contribution in [3.05, 3.63) is 16.6 Å². The third kappa shape index (κ3) is 1.98. The van der Waals surface area contributed by atoms with Crippen molar-refractivity contribution in [1.29, 1.82) is 0 Å². The van der Waals surface area contributed by atoms with Gasteiger partial charge >= 0.3 is 6.03 Å². The Labute approximate surface area is 80.6 Å². The number of nitrogens with one attached hydrogen (secondary N) is 1. The molecule has 4 nitrogen and oxygen atoms in total. The second kappa shape index (κ2) is 3.74. The van der Waals surface area contributed by atoms with Crippen LogP contribution in [0.25, 0.3) is 0 Å². The topological polar surface area (TPSA) is 45.2 Å². The van der Waals surface area contributed by atoms with Gasteiger partial charge in [-0.2, -0.15) is 0 Å². The summed E-state index contributed by atoms with van der Waals surface area (Å²) in [5, 5.41) is 4.78. The van der Waals surface area contributed by atoms with Gasteiger partial charge in [-0.3, -0.25) is 0 Å². The van der Waals surface area contributed by atoms with Crippen LogP contribution in [0.5, 0.6) is 0 Å². The van der Waals surface area contributed by atoms with Crippen molar-refractivity contribution in [2.75, 3.05) is 13.1 Å². The number of aromatic nitrogens is 1. The molecule has 2 rings (SSSR count). The second-order valence-electron chi connectivity index (χ2n) is 2.99. The average Bonchev–Trinajstić information content (AvgIpc) is 2.61. The molecule has 0 atom stereocenters. The highest BCUT2D eigenvalue weighted by Crippen LogP contribution is 2.07. The predicted octanol–water partition coefficient (Wildman–Crippen LogP) is 1.06. The zero-order chi connectivity index (χ0) is 9.10. The van der Waals surface area contributed by atoms with E-state index in [1.165, 1.54) is 0 Å². The van der Waals surface area contributed by atoms with Gasteiger partial charge in [0.2, 0.25) is 0 Å². The van der Waals surface area contributed by atoms with Crippen LogP contribution in [0.2, 0.25) is 0 Å². The zero-order valence-corrected chi connectivity index (χ0v) is 8.01. The Bertz CT molecular complexity index is 286. The molecule has 0 aliphatic carbocycles.